The van der Waals surface area contributed by atoms with E-state index < -0.39 is 0 Å². The zero-order valence-corrected chi connectivity index (χ0v) is 11.7. The predicted molar refractivity (Wildman–Crippen MR) is 79.1 cm³/mol. The molecule has 1 unspecified atom stereocenters. The minimum absolute atomic E-state index is 0.0914. The van der Waals surface area contributed by atoms with Crippen LogP contribution in [0.4, 0.5) is 11.4 Å². The van der Waals surface area contributed by atoms with Crippen LogP contribution in [0, 0.1) is 5.92 Å². The average Bonchev–Trinajstić information content (AvgIpc) is 2.39. The average molecular weight is 261 g/mol. The van der Waals surface area contributed by atoms with Gasteiger partial charge < -0.3 is 16.0 Å². The molecule has 1 aliphatic rings. The Morgan fingerprint density at radius 1 is 1.37 bits per heavy atom. The zero-order valence-electron chi connectivity index (χ0n) is 11.7. The molecule has 0 radical (unpaired) electrons. The fourth-order valence-corrected chi connectivity index (χ4v) is 2.51. The lowest BCUT2D eigenvalue weighted by Gasteiger charge is -2.34. The lowest BCUT2D eigenvalue weighted by molar-refractivity contribution is -0.125. The van der Waals surface area contributed by atoms with Gasteiger partial charge in [-0.15, -0.1) is 0 Å². The number of amides is 1. The highest BCUT2D eigenvalue weighted by molar-refractivity contribution is 5.79. The Balaban J connectivity index is 2.00. The van der Waals surface area contributed by atoms with Gasteiger partial charge in [-0.1, -0.05) is 0 Å². The van der Waals surface area contributed by atoms with Crippen molar-refractivity contribution in [2.45, 2.75) is 32.7 Å². The van der Waals surface area contributed by atoms with Crippen LogP contribution in [-0.2, 0) is 4.79 Å². The van der Waals surface area contributed by atoms with Gasteiger partial charge in [-0.25, -0.2) is 0 Å². The van der Waals surface area contributed by atoms with Gasteiger partial charge in [0.1, 0.15) is 0 Å². The number of hydrogen-bond donors (Lipinski definition) is 2. The molecule has 104 valence electrons. The van der Waals surface area contributed by atoms with Crippen LogP contribution < -0.4 is 16.0 Å². The molecular weight excluding hydrogens is 238 g/mol. The van der Waals surface area contributed by atoms with E-state index in [2.05, 4.69) is 10.2 Å². The maximum atomic E-state index is 12.1. The Hall–Kier alpha value is -1.71. The van der Waals surface area contributed by atoms with Crippen molar-refractivity contribution < 1.29 is 4.79 Å². The van der Waals surface area contributed by atoms with E-state index in [0.29, 0.717) is 0 Å². The number of nitrogens with one attached hydrogen (secondary N) is 1. The van der Waals surface area contributed by atoms with Crippen LogP contribution in [0.15, 0.2) is 24.3 Å². The molecule has 1 fully saturated rings. The third-order valence-corrected chi connectivity index (χ3v) is 3.48. The Labute approximate surface area is 115 Å². The largest absolute Gasteiger partial charge is 0.399 e. The van der Waals surface area contributed by atoms with E-state index in [-0.39, 0.29) is 17.9 Å². The quantitative estimate of drug-likeness (QED) is 0.818. The number of anilines is 2. The van der Waals surface area contributed by atoms with Gasteiger partial charge in [0.25, 0.3) is 0 Å². The van der Waals surface area contributed by atoms with E-state index in [4.69, 9.17) is 5.73 Å². The van der Waals surface area contributed by atoms with Crippen LogP contribution in [-0.4, -0.2) is 25.0 Å². The first kappa shape index (κ1) is 13.7. The first-order valence-electron chi connectivity index (χ1n) is 6.97. The number of nitrogens with two attached hydrogens (primary N) is 1. The predicted octanol–water partition coefficient (Wildman–Crippen LogP) is 2.01. The summed E-state index contributed by atoms with van der Waals surface area (Å²) < 4.78 is 0. The number of piperidine rings is 1. The van der Waals surface area contributed by atoms with Crippen molar-refractivity contribution in [3.8, 4) is 0 Å². The van der Waals surface area contributed by atoms with E-state index in [9.17, 15) is 4.79 Å². The summed E-state index contributed by atoms with van der Waals surface area (Å²) >= 11 is 0. The fraction of sp³-hybridized carbons (Fsp3) is 0.533. The Morgan fingerprint density at radius 2 is 2.05 bits per heavy atom. The molecule has 1 heterocycles. The molecule has 4 heteroatoms. The Kier molecular flexibility index (Phi) is 4.30. The summed E-state index contributed by atoms with van der Waals surface area (Å²) in [5, 5.41) is 3.01. The van der Waals surface area contributed by atoms with Gasteiger partial charge in [-0.05, 0) is 51.0 Å². The van der Waals surface area contributed by atoms with Crippen molar-refractivity contribution >= 4 is 17.3 Å². The van der Waals surface area contributed by atoms with E-state index in [0.717, 1.165) is 37.3 Å². The summed E-state index contributed by atoms with van der Waals surface area (Å²) in [6.07, 6.45) is 2.03. The molecular formula is C15H23N3O. The maximum absolute atomic E-state index is 12.1. The molecule has 0 saturated carbocycles. The molecule has 1 saturated heterocycles. The zero-order chi connectivity index (χ0) is 13.8. The molecule has 1 aromatic carbocycles. The number of carbonyl (C=O) groups excluding carboxylic acids is 1. The van der Waals surface area contributed by atoms with Crippen LogP contribution in [0.25, 0.3) is 0 Å². The van der Waals surface area contributed by atoms with Gasteiger partial charge in [0.2, 0.25) is 5.91 Å². The number of benzene rings is 1. The highest BCUT2D eigenvalue weighted by atomic mass is 16.2. The summed E-state index contributed by atoms with van der Waals surface area (Å²) in [5.41, 5.74) is 7.63. The molecule has 0 bridgehead atoms. The van der Waals surface area contributed by atoms with Crippen LogP contribution in [0.1, 0.15) is 26.7 Å². The van der Waals surface area contributed by atoms with E-state index in [1.807, 2.05) is 38.1 Å². The molecule has 0 spiro atoms. The van der Waals surface area contributed by atoms with Gasteiger partial charge in [0.05, 0.1) is 5.92 Å². The number of nitrogen functional groups attached to an aromatic ring is 1. The first-order valence-corrected chi connectivity index (χ1v) is 6.97. The second kappa shape index (κ2) is 5.95. The van der Waals surface area contributed by atoms with Gasteiger partial charge in [0, 0.05) is 30.5 Å². The monoisotopic (exact) mass is 261 g/mol. The van der Waals surface area contributed by atoms with Crippen molar-refractivity contribution in [2.75, 3.05) is 23.7 Å². The van der Waals surface area contributed by atoms with Crippen molar-refractivity contribution in [3.05, 3.63) is 24.3 Å². The fourth-order valence-electron chi connectivity index (χ4n) is 2.51. The van der Waals surface area contributed by atoms with Gasteiger partial charge in [-0.3, -0.25) is 4.79 Å². The summed E-state index contributed by atoms with van der Waals surface area (Å²) in [6, 6.07) is 8.08. The highest BCUT2D eigenvalue weighted by Crippen LogP contribution is 2.24. The van der Waals surface area contributed by atoms with Crippen LogP contribution >= 0.6 is 0 Å². The van der Waals surface area contributed by atoms with Crippen LogP contribution in [0.5, 0.6) is 0 Å². The SMILES string of the molecule is CC(C)NC(=O)C1CCCN(c2ccc(N)cc2)C1. The summed E-state index contributed by atoms with van der Waals surface area (Å²) in [5.74, 6) is 0.267. The minimum Gasteiger partial charge on any atom is -0.399 e. The molecule has 0 aliphatic carbocycles. The number of nitrogens with zero attached hydrogens (tertiary/aromatic N) is 1. The number of rotatable bonds is 3. The third-order valence-electron chi connectivity index (χ3n) is 3.48. The van der Waals surface area contributed by atoms with Crippen LogP contribution in [0.3, 0.4) is 0 Å². The summed E-state index contributed by atoms with van der Waals surface area (Å²) in [7, 11) is 0. The van der Waals surface area contributed by atoms with Crippen LogP contribution in [0.2, 0.25) is 0 Å². The second-order valence-electron chi connectivity index (χ2n) is 5.54. The molecule has 1 atom stereocenters. The lowest BCUT2D eigenvalue weighted by Crippen LogP contribution is -2.44. The number of hydrogen-bond acceptors (Lipinski definition) is 3. The Morgan fingerprint density at radius 3 is 2.68 bits per heavy atom. The molecule has 3 N–H and O–H groups in total. The van der Waals surface area contributed by atoms with E-state index in [1.54, 1.807) is 0 Å². The lowest BCUT2D eigenvalue weighted by atomic mass is 9.96. The van der Waals surface area contributed by atoms with Crippen molar-refractivity contribution in [1.82, 2.24) is 5.32 Å². The topological polar surface area (TPSA) is 58.4 Å². The highest BCUT2D eigenvalue weighted by Gasteiger charge is 2.26. The van der Waals surface area contributed by atoms with E-state index in [1.165, 1.54) is 0 Å². The molecule has 1 aliphatic heterocycles. The number of carbonyl (C=O) groups is 1. The van der Waals surface area contributed by atoms with Crippen molar-refractivity contribution in [2.24, 2.45) is 5.92 Å². The molecule has 4 nitrogen and oxygen atoms in total. The third kappa shape index (κ3) is 3.63. The van der Waals surface area contributed by atoms with Crippen molar-refractivity contribution in [3.63, 3.8) is 0 Å². The summed E-state index contributed by atoms with van der Waals surface area (Å²) in [6.45, 7) is 5.80. The van der Waals surface area contributed by atoms with Gasteiger partial charge >= 0.3 is 0 Å². The second-order valence-corrected chi connectivity index (χ2v) is 5.54. The minimum atomic E-state index is 0.0914. The van der Waals surface area contributed by atoms with Gasteiger partial charge in [-0.2, -0.15) is 0 Å². The summed E-state index contributed by atoms with van der Waals surface area (Å²) in [4.78, 5) is 14.4. The van der Waals surface area contributed by atoms with Gasteiger partial charge in [0.15, 0.2) is 0 Å². The molecule has 19 heavy (non-hydrogen) atoms. The molecule has 2 rings (SSSR count). The smallest absolute Gasteiger partial charge is 0.225 e. The maximum Gasteiger partial charge on any atom is 0.225 e. The standard InChI is InChI=1S/C15H23N3O/c1-11(2)17-15(19)12-4-3-9-18(10-12)14-7-5-13(16)6-8-14/h5-8,11-12H,3-4,9-10,16H2,1-2H3,(H,17,19). The normalized spacial score (nSPS) is 19.5. The van der Waals surface area contributed by atoms with Crippen molar-refractivity contribution in [1.29, 1.82) is 0 Å². The Bertz CT molecular complexity index is 428. The molecule has 1 amide bonds. The first-order chi connectivity index (χ1) is 9.06. The molecule has 1 aromatic rings. The van der Waals surface area contributed by atoms with E-state index >= 15 is 0 Å². The molecule has 0 aromatic heterocycles.